The summed E-state index contributed by atoms with van der Waals surface area (Å²) in [4.78, 5) is 21.7. The van der Waals surface area contributed by atoms with E-state index in [4.69, 9.17) is 9.84 Å². The van der Waals surface area contributed by atoms with Gasteiger partial charge in [-0.3, -0.25) is 0 Å². The van der Waals surface area contributed by atoms with Crippen molar-refractivity contribution in [3.05, 3.63) is 29.3 Å². The molecule has 0 atom stereocenters. The van der Waals surface area contributed by atoms with E-state index in [9.17, 15) is 9.59 Å². The molecule has 0 fully saturated rings. The fraction of sp³-hybridized carbons (Fsp3) is 0.273. The van der Waals surface area contributed by atoms with Crippen molar-refractivity contribution in [2.75, 3.05) is 13.7 Å². The molecule has 0 spiro atoms. The first-order chi connectivity index (χ1) is 7.54. The summed E-state index contributed by atoms with van der Waals surface area (Å²) in [6.07, 6.45) is 0. The highest BCUT2D eigenvalue weighted by atomic mass is 16.6. The summed E-state index contributed by atoms with van der Waals surface area (Å²) in [6, 6.07) is 4.70. The van der Waals surface area contributed by atoms with Gasteiger partial charge in [0.15, 0.2) is 6.61 Å². The smallest absolute Gasteiger partial charge is 0.343 e. The molecule has 0 saturated carbocycles. The number of aryl methyl sites for hydroxylation is 1. The van der Waals surface area contributed by atoms with Gasteiger partial charge in [-0.05, 0) is 19.1 Å². The van der Waals surface area contributed by atoms with E-state index in [0.29, 0.717) is 0 Å². The lowest BCUT2D eigenvalue weighted by Gasteiger charge is -2.08. The molecule has 0 radical (unpaired) electrons. The third-order valence-corrected chi connectivity index (χ3v) is 1.94. The molecule has 0 amide bonds. The molecule has 1 aromatic carbocycles. The van der Waals surface area contributed by atoms with Crippen molar-refractivity contribution in [3.63, 3.8) is 0 Å². The number of hydrogen-bond acceptors (Lipinski definition) is 4. The van der Waals surface area contributed by atoms with Crippen LogP contribution in [0.15, 0.2) is 18.2 Å². The summed E-state index contributed by atoms with van der Waals surface area (Å²) in [7, 11) is 1.24. The Morgan fingerprint density at radius 2 is 2.06 bits per heavy atom. The molecular formula is C11H12O5. The van der Waals surface area contributed by atoms with Crippen LogP contribution in [0.5, 0.6) is 5.75 Å². The molecule has 0 saturated heterocycles. The Balaban J connectivity index is 2.87. The maximum atomic E-state index is 10.9. The Morgan fingerprint density at radius 3 is 2.62 bits per heavy atom. The number of aromatic carboxylic acids is 1. The number of carbonyl (C=O) groups excluding carboxylic acids is 1. The van der Waals surface area contributed by atoms with Gasteiger partial charge in [0.2, 0.25) is 0 Å². The zero-order valence-electron chi connectivity index (χ0n) is 9.02. The van der Waals surface area contributed by atoms with Crippen molar-refractivity contribution in [1.82, 2.24) is 0 Å². The molecule has 0 heterocycles. The predicted molar refractivity (Wildman–Crippen MR) is 55.6 cm³/mol. The number of hydrogen-bond donors (Lipinski definition) is 1. The zero-order chi connectivity index (χ0) is 12.1. The Bertz CT molecular complexity index is 411. The van der Waals surface area contributed by atoms with Crippen LogP contribution in [-0.2, 0) is 9.53 Å². The van der Waals surface area contributed by atoms with Gasteiger partial charge in [-0.1, -0.05) is 11.6 Å². The summed E-state index contributed by atoms with van der Waals surface area (Å²) in [5.74, 6) is -1.50. The van der Waals surface area contributed by atoms with Crippen molar-refractivity contribution in [1.29, 1.82) is 0 Å². The van der Waals surface area contributed by atoms with Crippen LogP contribution in [0.1, 0.15) is 15.9 Å². The Kier molecular flexibility index (Phi) is 3.88. The predicted octanol–water partition coefficient (Wildman–Crippen LogP) is 1.25. The number of ether oxygens (including phenoxy) is 2. The largest absolute Gasteiger partial charge is 0.481 e. The summed E-state index contributed by atoms with van der Waals surface area (Å²) in [5, 5.41) is 8.92. The second kappa shape index (κ2) is 5.16. The average molecular weight is 224 g/mol. The van der Waals surface area contributed by atoms with Crippen LogP contribution in [0, 0.1) is 6.92 Å². The van der Waals surface area contributed by atoms with Crippen LogP contribution < -0.4 is 4.74 Å². The number of carboxylic acids is 1. The second-order valence-corrected chi connectivity index (χ2v) is 3.17. The van der Waals surface area contributed by atoms with Gasteiger partial charge in [-0.15, -0.1) is 0 Å². The molecule has 0 bridgehead atoms. The fourth-order valence-electron chi connectivity index (χ4n) is 1.13. The number of esters is 1. The summed E-state index contributed by atoms with van der Waals surface area (Å²) >= 11 is 0. The van der Waals surface area contributed by atoms with E-state index < -0.39 is 11.9 Å². The summed E-state index contributed by atoms with van der Waals surface area (Å²) in [6.45, 7) is 1.47. The Hall–Kier alpha value is -2.04. The first-order valence-electron chi connectivity index (χ1n) is 4.58. The van der Waals surface area contributed by atoms with Crippen LogP contribution in [-0.4, -0.2) is 30.8 Å². The second-order valence-electron chi connectivity index (χ2n) is 3.17. The quantitative estimate of drug-likeness (QED) is 0.779. The highest BCUT2D eigenvalue weighted by Gasteiger charge is 2.12. The molecule has 5 nitrogen and oxygen atoms in total. The third kappa shape index (κ3) is 2.98. The highest BCUT2D eigenvalue weighted by Crippen LogP contribution is 2.19. The number of carboxylic acid groups (broad SMARTS) is 1. The minimum Gasteiger partial charge on any atom is -0.481 e. The Labute approximate surface area is 92.6 Å². The summed E-state index contributed by atoms with van der Waals surface area (Å²) < 4.78 is 9.44. The first-order valence-corrected chi connectivity index (χ1v) is 4.58. The number of rotatable bonds is 4. The lowest BCUT2D eigenvalue weighted by atomic mass is 10.1. The van der Waals surface area contributed by atoms with Gasteiger partial charge in [-0.2, -0.15) is 0 Å². The van der Waals surface area contributed by atoms with Crippen LogP contribution in [0.3, 0.4) is 0 Å². The molecule has 0 aliphatic rings. The molecule has 0 aliphatic heterocycles. The van der Waals surface area contributed by atoms with Crippen molar-refractivity contribution >= 4 is 11.9 Å². The Morgan fingerprint density at radius 1 is 1.38 bits per heavy atom. The van der Waals surface area contributed by atoms with E-state index in [1.54, 1.807) is 13.0 Å². The molecule has 1 N–H and O–H groups in total. The van der Waals surface area contributed by atoms with E-state index in [-0.39, 0.29) is 17.9 Å². The van der Waals surface area contributed by atoms with Crippen molar-refractivity contribution in [3.8, 4) is 5.75 Å². The molecule has 0 aliphatic carbocycles. The van der Waals surface area contributed by atoms with Crippen LogP contribution >= 0.6 is 0 Å². The van der Waals surface area contributed by atoms with E-state index in [2.05, 4.69) is 4.74 Å². The van der Waals surface area contributed by atoms with Crippen molar-refractivity contribution in [2.45, 2.75) is 6.92 Å². The van der Waals surface area contributed by atoms with E-state index in [1.165, 1.54) is 19.2 Å². The molecule has 0 unspecified atom stereocenters. The highest BCUT2D eigenvalue weighted by molar-refractivity contribution is 5.91. The topological polar surface area (TPSA) is 72.8 Å². The minimum atomic E-state index is -1.09. The summed E-state index contributed by atoms with van der Waals surface area (Å²) in [5.41, 5.74) is 0.840. The molecule has 1 rings (SSSR count). The van der Waals surface area contributed by atoms with Gasteiger partial charge < -0.3 is 14.6 Å². The maximum absolute atomic E-state index is 10.9. The molecule has 1 aromatic rings. The minimum absolute atomic E-state index is 0.0314. The monoisotopic (exact) mass is 224 g/mol. The van der Waals surface area contributed by atoms with E-state index in [0.717, 1.165) is 5.56 Å². The average Bonchev–Trinajstić information content (AvgIpc) is 2.26. The lowest BCUT2D eigenvalue weighted by Crippen LogP contribution is -2.14. The van der Waals surface area contributed by atoms with Gasteiger partial charge in [0.25, 0.3) is 0 Å². The van der Waals surface area contributed by atoms with Crippen LogP contribution in [0.25, 0.3) is 0 Å². The maximum Gasteiger partial charge on any atom is 0.343 e. The zero-order valence-corrected chi connectivity index (χ0v) is 9.02. The molecule has 5 heteroatoms. The van der Waals surface area contributed by atoms with Gasteiger partial charge in [-0.25, -0.2) is 9.59 Å². The van der Waals surface area contributed by atoms with Crippen LogP contribution in [0.4, 0.5) is 0 Å². The van der Waals surface area contributed by atoms with Gasteiger partial charge in [0, 0.05) is 0 Å². The lowest BCUT2D eigenvalue weighted by molar-refractivity contribution is -0.142. The number of carbonyl (C=O) groups is 2. The van der Waals surface area contributed by atoms with E-state index >= 15 is 0 Å². The molecule has 0 aromatic heterocycles. The van der Waals surface area contributed by atoms with Crippen molar-refractivity contribution < 1.29 is 24.2 Å². The third-order valence-electron chi connectivity index (χ3n) is 1.94. The molecular weight excluding hydrogens is 212 g/mol. The van der Waals surface area contributed by atoms with Crippen molar-refractivity contribution in [2.24, 2.45) is 0 Å². The number of methoxy groups -OCH3 is 1. The van der Waals surface area contributed by atoms with Gasteiger partial charge >= 0.3 is 11.9 Å². The normalized spacial score (nSPS) is 9.62. The van der Waals surface area contributed by atoms with Gasteiger partial charge in [0.05, 0.1) is 7.11 Å². The van der Waals surface area contributed by atoms with Crippen LogP contribution in [0.2, 0.25) is 0 Å². The molecule has 16 heavy (non-hydrogen) atoms. The van der Waals surface area contributed by atoms with E-state index in [1.807, 2.05) is 0 Å². The fourth-order valence-corrected chi connectivity index (χ4v) is 1.13. The van der Waals surface area contributed by atoms with Gasteiger partial charge in [0.1, 0.15) is 11.3 Å². The standard InChI is InChI=1S/C11H12O5/c1-7-3-4-9(8(5-7)11(13)14)16-6-10(12)15-2/h3-5H,6H2,1-2H3,(H,13,14). The SMILES string of the molecule is COC(=O)COc1ccc(C)cc1C(=O)O. The first kappa shape index (κ1) is 12.0. The molecule has 86 valence electrons. The number of benzene rings is 1.